The van der Waals surface area contributed by atoms with Crippen molar-refractivity contribution in [1.29, 1.82) is 0 Å². The van der Waals surface area contributed by atoms with Gasteiger partial charge in [0.25, 0.3) is 0 Å². The van der Waals surface area contributed by atoms with Crippen molar-refractivity contribution >= 4 is 32.1 Å². The molecule has 0 aliphatic carbocycles. The van der Waals surface area contributed by atoms with Gasteiger partial charge in [0.2, 0.25) is 5.91 Å². The van der Waals surface area contributed by atoms with Gasteiger partial charge >= 0.3 is 0 Å². The number of sulfone groups is 1. The molecule has 0 spiro atoms. The molecule has 9 nitrogen and oxygen atoms in total. The van der Waals surface area contributed by atoms with Crippen LogP contribution < -0.4 is 4.90 Å². The third kappa shape index (κ3) is 4.83. The molecule has 3 aromatic rings. The van der Waals surface area contributed by atoms with Crippen LogP contribution in [0.15, 0.2) is 29.4 Å². The Bertz CT molecular complexity index is 1200. The predicted octanol–water partition coefficient (Wildman–Crippen LogP) is 2.28. The smallest absolute Gasteiger partial charge is 0.249 e. The van der Waals surface area contributed by atoms with Gasteiger partial charge in [-0.3, -0.25) is 19.4 Å². The van der Waals surface area contributed by atoms with Gasteiger partial charge in [-0.05, 0) is 47.0 Å². The lowest BCUT2D eigenvalue weighted by molar-refractivity contribution is -0.119. The fourth-order valence-electron chi connectivity index (χ4n) is 3.35. The maximum Gasteiger partial charge on any atom is 0.249 e. The van der Waals surface area contributed by atoms with Gasteiger partial charge in [-0.2, -0.15) is 5.10 Å². The summed E-state index contributed by atoms with van der Waals surface area (Å²) in [7, 11) is 1.54. The highest BCUT2D eigenvalue weighted by molar-refractivity contribution is 7.91. The van der Waals surface area contributed by atoms with Crippen LogP contribution in [0.1, 0.15) is 17.1 Å². The van der Waals surface area contributed by atoms with Crippen molar-refractivity contribution < 1.29 is 13.2 Å². The van der Waals surface area contributed by atoms with Crippen molar-refractivity contribution in [2.45, 2.75) is 32.2 Å². The molecule has 11 heteroatoms. The molecule has 0 saturated carbocycles. The van der Waals surface area contributed by atoms with E-state index in [4.69, 9.17) is 0 Å². The maximum absolute atomic E-state index is 13.0. The van der Waals surface area contributed by atoms with Crippen molar-refractivity contribution in [3.63, 3.8) is 0 Å². The van der Waals surface area contributed by atoms with Crippen molar-refractivity contribution in [2.75, 3.05) is 31.9 Å². The molecule has 3 aromatic heterocycles. The Hall–Kier alpha value is -2.63. The zero-order valence-electron chi connectivity index (χ0n) is 18.4. The highest BCUT2D eigenvalue weighted by atomic mass is 32.2. The van der Waals surface area contributed by atoms with Crippen LogP contribution in [0.5, 0.6) is 0 Å². The third-order valence-corrected chi connectivity index (χ3v) is 8.05. The zero-order chi connectivity index (χ0) is 22.9. The van der Waals surface area contributed by atoms with E-state index in [-0.39, 0.29) is 23.2 Å². The topological polar surface area (TPSA) is 101 Å². The molecular weight excluding hydrogens is 436 g/mol. The SMILES string of the molecule is Cc1nc(-c2cccnc2)sc1N(C)C(=O)Cn1nc(C)c(S(=O)(=O)CN(C)C)c1C. The molecule has 0 atom stereocenters. The summed E-state index contributed by atoms with van der Waals surface area (Å²) in [6.45, 7) is 5.10. The summed E-state index contributed by atoms with van der Waals surface area (Å²) in [5.74, 6) is -0.336. The monoisotopic (exact) mass is 462 g/mol. The first-order chi connectivity index (χ1) is 14.5. The van der Waals surface area contributed by atoms with Crippen LogP contribution in [0.25, 0.3) is 10.6 Å². The Labute approximate surface area is 186 Å². The van der Waals surface area contributed by atoms with Crippen LogP contribution in [0.3, 0.4) is 0 Å². The lowest BCUT2D eigenvalue weighted by Gasteiger charge is -2.16. The number of hydrogen-bond donors (Lipinski definition) is 0. The number of carbonyl (C=O) groups is 1. The number of likely N-dealkylation sites (N-methyl/N-ethyl adjacent to an activating group) is 1. The minimum Gasteiger partial charge on any atom is -0.304 e. The van der Waals surface area contributed by atoms with E-state index >= 15 is 0 Å². The molecule has 1 amide bonds. The van der Waals surface area contributed by atoms with Crippen LogP contribution in [0.2, 0.25) is 0 Å². The van der Waals surface area contributed by atoms with E-state index in [0.29, 0.717) is 11.4 Å². The normalized spacial score (nSPS) is 11.8. The average molecular weight is 463 g/mol. The Morgan fingerprint density at radius 2 is 1.87 bits per heavy atom. The summed E-state index contributed by atoms with van der Waals surface area (Å²) in [5.41, 5.74) is 2.47. The van der Waals surface area contributed by atoms with Gasteiger partial charge in [-0.25, -0.2) is 13.4 Å². The zero-order valence-corrected chi connectivity index (χ0v) is 20.1. The summed E-state index contributed by atoms with van der Waals surface area (Å²) in [4.78, 5) is 25.0. The van der Waals surface area contributed by atoms with E-state index in [1.54, 1.807) is 52.3 Å². The molecule has 0 fully saturated rings. The summed E-state index contributed by atoms with van der Waals surface area (Å²) < 4.78 is 26.9. The van der Waals surface area contributed by atoms with E-state index in [0.717, 1.165) is 21.3 Å². The first-order valence-electron chi connectivity index (χ1n) is 9.57. The Kier molecular flexibility index (Phi) is 6.58. The second-order valence-electron chi connectivity index (χ2n) is 7.59. The van der Waals surface area contributed by atoms with Crippen LogP contribution >= 0.6 is 11.3 Å². The molecule has 0 bridgehead atoms. The van der Waals surface area contributed by atoms with Crippen LogP contribution in [-0.2, 0) is 21.2 Å². The highest BCUT2D eigenvalue weighted by Gasteiger charge is 2.27. The Morgan fingerprint density at radius 3 is 2.48 bits per heavy atom. The number of nitrogens with zero attached hydrogens (tertiary/aromatic N) is 6. The second kappa shape index (κ2) is 8.85. The first kappa shape index (κ1) is 23.0. The third-order valence-electron chi connectivity index (χ3n) is 4.70. The summed E-state index contributed by atoms with van der Waals surface area (Å²) >= 11 is 1.41. The largest absolute Gasteiger partial charge is 0.304 e. The van der Waals surface area contributed by atoms with Crippen LogP contribution in [0.4, 0.5) is 5.00 Å². The van der Waals surface area contributed by atoms with Gasteiger partial charge in [-0.1, -0.05) is 11.3 Å². The molecule has 0 aliphatic heterocycles. The molecule has 0 aromatic carbocycles. The minimum atomic E-state index is -3.54. The van der Waals surface area contributed by atoms with Crippen LogP contribution in [-0.4, -0.2) is 66.0 Å². The molecule has 0 saturated heterocycles. The van der Waals surface area contributed by atoms with Crippen molar-refractivity contribution in [1.82, 2.24) is 24.6 Å². The summed E-state index contributed by atoms with van der Waals surface area (Å²) in [6, 6.07) is 3.76. The van der Waals surface area contributed by atoms with Gasteiger partial charge in [0.15, 0.2) is 9.84 Å². The van der Waals surface area contributed by atoms with E-state index < -0.39 is 9.84 Å². The maximum atomic E-state index is 13.0. The number of aromatic nitrogens is 4. The number of hydrogen-bond acceptors (Lipinski definition) is 8. The summed E-state index contributed by atoms with van der Waals surface area (Å²) in [5, 5.41) is 5.83. The number of anilines is 1. The first-order valence-corrected chi connectivity index (χ1v) is 12.0. The number of amides is 1. The summed E-state index contributed by atoms with van der Waals surface area (Å²) in [6.07, 6.45) is 3.43. The van der Waals surface area contributed by atoms with Gasteiger partial charge in [-0.15, -0.1) is 0 Å². The molecule has 0 unspecified atom stereocenters. The standard InChI is InChI=1S/C20H26N6O3S2/c1-13-18(31(28,29)12-24(4)5)15(3)26(23-13)11-17(27)25(6)20-14(2)22-19(30-20)16-8-7-9-21-10-16/h7-10H,11-12H2,1-6H3. The molecule has 31 heavy (non-hydrogen) atoms. The van der Waals surface area contributed by atoms with Gasteiger partial charge in [0.05, 0.1) is 17.1 Å². The van der Waals surface area contributed by atoms with Crippen molar-refractivity contribution in [2.24, 2.45) is 0 Å². The van der Waals surface area contributed by atoms with E-state index in [9.17, 15) is 13.2 Å². The number of aryl methyl sites for hydroxylation is 2. The number of rotatable bonds is 7. The van der Waals surface area contributed by atoms with Crippen molar-refractivity contribution in [3.05, 3.63) is 41.6 Å². The van der Waals surface area contributed by atoms with Crippen LogP contribution in [0, 0.1) is 20.8 Å². The molecule has 0 radical (unpaired) electrons. The number of carbonyl (C=O) groups excluding carboxylic acids is 1. The fraction of sp³-hybridized carbons (Fsp3) is 0.400. The minimum absolute atomic E-state index is 0.0692. The average Bonchev–Trinajstić information content (AvgIpc) is 3.20. The number of pyridine rings is 1. The molecule has 3 heterocycles. The molecule has 0 aliphatic rings. The van der Waals surface area contributed by atoms with Gasteiger partial charge in [0, 0.05) is 25.0 Å². The molecule has 3 rings (SSSR count). The predicted molar refractivity (Wildman–Crippen MR) is 121 cm³/mol. The molecular formula is C20H26N6O3S2. The Morgan fingerprint density at radius 1 is 1.16 bits per heavy atom. The number of thiazole rings is 1. The molecule has 0 N–H and O–H groups in total. The second-order valence-corrected chi connectivity index (χ2v) is 10.5. The van der Waals surface area contributed by atoms with E-state index in [1.165, 1.54) is 20.9 Å². The van der Waals surface area contributed by atoms with E-state index in [2.05, 4.69) is 15.1 Å². The van der Waals surface area contributed by atoms with Gasteiger partial charge in [0.1, 0.15) is 27.3 Å². The Balaban J connectivity index is 1.84. The molecule has 166 valence electrons. The van der Waals surface area contributed by atoms with Gasteiger partial charge < -0.3 is 4.90 Å². The van der Waals surface area contributed by atoms with Crippen molar-refractivity contribution in [3.8, 4) is 10.6 Å². The van der Waals surface area contributed by atoms with E-state index in [1.807, 2.05) is 19.1 Å². The lowest BCUT2D eigenvalue weighted by atomic mass is 10.3. The fourth-order valence-corrected chi connectivity index (χ4v) is 6.24. The highest BCUT2D eigenvalue weighted by Crippen LogP contribution is 2.33. The quantitative estimate of drug-likeness (QED) is 0.531. The lowest BCUT2D eigenvalue weighted by Crippen LogP contribution is -2.30.